The molecule has 0 spiro atoms. The first-order valence-electron chi connectivity index (χ1n) is 9.20. The van der Waals surface area contributed by atoms with Crippen LogP contribution in [0.5, 0.6) is 0 Å². The van der Waals surface area contributed by atoms with E-state index in [4.69, 9.17) is 9.47 Å². The third kappa shape index (κ3) is 6.53. The molecule has 0 saturated heterocycles. The lowest BCUT2D eigenvalue weighted by atomic mass is 10.1. The number of aryl methyl sites for hydroxylation is 1. The van der Waals surface area contributed by atoms with E-state index in [1.807, 2.05) is 50.2 Å². The molecule has 0 heterocycles. The van der Waals surface area contributed by atoms with Crippen LogP contribution in [0.25, 0.3) is 0 Å². The molecular formula is C22H27NO4. The van der Waals surface area contributed by atoms with Crippen LogP contribution in [0.15, 0.2) is 48.5 Å². The monoisotopic (exact) mass is 369 g/mol. The van der Waals surface area contributed by atoms with Crippen LogP contribution in [0, 0.1) is 0 Å². The number of ether oxygens (including phenoxy) is 2. The number of amides is 1. The Hall–Kier alpha value is -2.66. The maximum Gasteiger partial charge on any atom is 0.338 e. The Labute approximate surface area is 160 Å². The summed E-state index contributed by atoms with van der Waals surface area (Å²) in [7, 11) is 0. The van der Waals surface area contributed by atoms with E-state index in [-0.39, 0.29) is 12.0 Å². The Morgan fingerprint density at radius 1 is 0.926 bits per heavy atom. The molecule has 0 bridgehead atoms. The van der Waals surface area contributed by atoms with Crippen LogP contribution in [0.1, 0.15) is 49.2 Å². The van der Waals surface area contributed by atoms with Crippen LogP contribution in [0.2, 0.25) is 0 Å². The van der Waals surface area contributed by atoms with Gasteiger partial charge in [-0.1, -0.05) is 31.2 Å². The highest BCUT2D eigenvalue weighted by molar-refractivity contribution is 5.97. The lowest BCUT2D eigenvalue weighted by Crippen LogP contribution is -2.30. The van der Waals surface area contributed by atoms with Crippen molar-refractivity contribution >= 4 is 17.6 Å². The number of hydrogen-bond acceptors (Lipinski definition) is 4. The van der Waals surface area contributed by atoms with Gasteiger partial charge in [0.25, 0.3) is 5.91 Å². The molecule has 27 heavy (non-hydrogen) atoms. The second-order valence-corrected chi connectivity index (χ2v) is 6.64. The first-order chi connectivity index (χ1) is 12.9. The third-order valence-corrected chi connectivity index (χ3v) is 4.06. The Balaban J connectivity index is 1.88. The van der Waals surface area contributed by atoms with E-state index < -0.39 is 12.1 Å². The molecule has 0 aromatic heterocycles. The highest BCUT2D eigenvalue weighted by Gasteiger charge is 2.19. The van der Waals surface area contributed by atoms with Crippen LogP contribution in [0.3, 0.4) is 0 Å². The summed E-state index contributed by atoms with van der Waals surface area (Å²) in [6.07, 6.45) is 0.185. The van der Waals surface area contributed by atoms with Gasteiger partial charge in [0.05, 0.1) is 18.3 Å². The molecule has 2 aromatic rings. The van der Waals surface area contributed by atoms with E-state index in [1.54, 1.807) is 19.1 Å². The summed E-state index contributed by atoms with van der Waals surface area (Å²) in [5.74, 6) is -0.898. The quantitative estimate of drug-likeness (QED) is 0.702. The third-order valence-electron chi connectivity index (χ3n) is 4.06. The van der Waals surface area contributed by atoms with Gasteiger partial charge in [0, 0.05) is 5.69 Å². The smallest absolute Gasteiger partial charge is 0.338 e. The van der Waals surface area contributed by atoms with Gasteiger partial charge in [-0.2, -0.15) is 0 Å². The molecule has 2 aromatic carbocycles. The Kier molecular flexibility index (Phi) is 7.55. The molecule has 144 valence electrons. The molecule has 2 rings (SSSR count). The zero-order chi connectivity index (χ0) is 19.8. The summed E-state index contributed by atoms with van der Waals surface area (Å²) < 4.78 is 10.8. The predicted octanol–water partition coefficient (Wildman–Crippen LogP) is 4.36. The van der Waals surface area contributed by atoms with E-state index in [0.717, 1.165) is 12.0 Å². The number of carbonyl (C=O) groups is 2. The van der Waals surface area contributed by atoms with Crippen molar-refractivity contribution in [3.63, 3.8) is 0 Å². The van der Waals surface area contributed by atoms with Gasteiger partial charge in [-0.15, -0.1) is 0 Å². The summed E-state index contributed by atoms with van der Waals surface area (Å²) in [5, 5.41) is 2.75. The summed E-state index contributed by atoms with van der Waals surface area (Å²) >= 11 is 0. The maximum atomic E-state index is 12.2. The average molecular weight is 369 g/mol. The minimum atomic E-state index is -0.896. The van der Waals surface area contributed by atoms with Crippen molar-refractivity contribution in [2.24, 2.45) is 0 Å². The van der Waals surface area contributed by atoms with Crippen LogP contribution < -0.4 is 5.32 Å². The number of benzene rings is 2. The van der Waals surface area contributed by atoms with Gasteiger partial charge in [-0.3, -0.25) is 4.79 Å². The second kappa shape index (κ2) is 9.88. The van der Waals surface area contributed by atoms with E-state index in [2.05, 4.69) is 12.2 Å². The molecule has 5 nitrogen and oxygen atoms in total. The summed E-state index contributed by atoms with van der Waals surface area (Å²) in [6, 6.07) is 14.6. The Bertz CT molecular complexity index is 751. The van der Waals surface area contributed by atoms with Gasteiger partial charge in [0.2, 0.25) is 0 Å². The van der Waals surface area contributed by atoms with Crippen LogP contribution >= 0.6 is 0 Å². The topological polar surface area (TPSA) is 64.6 Å². The maximum absolute atomic E-state index is 12.2. The number of anilines is 1. The molecule has 0 radical (unpaired) electrons. The van der Waals surface area contributed by atoms with Crippen molar-refractivity contribution in [2.75, 3.05) is 5.32 Å². The molecule has 0 aliphatic rings. The van der Waals surface area contributed by atoms with Gasteiger partial charge in [-0.05, 0) is 62.6 Å². The fraction of sp³-hybridized carbons (Fsp3) is 0.364. The minimum Gasteiger partial charge on any atom is -0.449 e. The Morgan fingerprint density at radius 2 is 1.52 bits per heavy atom. The largest absolute Gasteiger partial charge is 0.449 e. The zero-order valence-corrected chi connectivity index (χ0v) is 16.3. The van der Waals surface area contributed by atoms with Crippen molar-refractivity contribution in [2.45, 2.75) is 52.9 Å². The highest BCUT2D eigenvalue weighted by atomic mass is 16.5. The number of nitrogens with one attached hydrogen (secondary N) is 1. The lowest BCUT2D eigenvalue weighted by Gasteiger charge is -2.14. The van der Waals surface area contributed by atoms with Crippen molar-refractivity contribution in [1.82, 2.24) is 0 Å². The normalized spacial score (nSPS) is 11.9. The van der Waals surface area contributed by atoms with Crippen molar-refractivity contribution in [1.29, 1.82) is 0 Å². The lowest BCUT2D eigenvalue weighted by molar-refractivity contribution is -0.123. The van der Waals surface area contributed by atoms with Crippen molar-refractivity contribution in [3.8, 4) is 0 Å². The first kappa shape index (κ1) is 20.6. The van der Waals surface area contributed by atoms with E-state index >= 15 is 0 Å². The average Bonchev–Trinajstić information content (AvgIpc) is 2.67. The number of carbonyl (C=O) groups excluding carboxylic acids is 2. The van der Waals surface area contributed by atoms with Gasteiger partial charge < -0.3 is 14.8 Å². The predicted molar refractivity (Wildman–Crippen MR) is 106 cm³/mol. The molecular weight excluding hydrogens is 342 g/mol. The SMILES string of the molecule is CCc1ccc(NC(=O)[C@H](C)OC(=O)c2ccc(COC(C)C)cc2)cc1. The second-order valence-electron chi connectivity index (χ2n) is 6.64. The number of hydrogen-bond donors (Lipinski definition) is 1. The summed E-state index contributed by atoms with van der Waals surface area (Å²) in [4.78, 5) is 24.5. The summed E-state index contributed by atoms with van der Waals surface area (Å²) in [6.45, 7) is 8.05. The van der Waals surface area contributed by atoms with Crippen LogP contribution in [0.4, 0.5) is 5.69 Å². The van der Waals surface area contributed by atoms with Crippen molar-refractivity contribution in [3.05, 3.63) is 65.2 Å². The molecule has 1 N–H and O–H groups in total. The molecule has 0 aliphatic carbocycles. The van der Waals surface area contributed by atoms with E-state index in [0.29, 0.717) is 17.9 Å². The van der Waals surface area contributed by atoms with E-state index in [1.165, 1.54) is 5.56 Å². The van der Waals surface area contributed by atoms with Gasteiger partial charge in [0.1, 0.15) is 0 Å². The Morgan fingerprint density at radius 3 is 2.07 bits per heavy atom. The standard InChI is InChI=1S/C22H27NO4/c1-5-17-8-12-20(13-9-17)23-21(24)16(4)27-22(25)19-10-6-18(7-11-19)14-26-15(2)3/h6-13,15-16H,5,14H2,1-4H3,(H,23,24)/t16-/m0/s1. The number of esters is 1. The van der Waals surface area contributed by atoms with Crippen LogP contribution in [-0.2, 0) is 27.3 Å². The molecule has 0 aliphatic heterocycles. The van der Waals surface area contributed by atoms with Crippen LogP contribution in [-0.4, -0.2) is 24.1 Å². The van der Waals surface area contributed by atoms with Gasteiger partial charge in [0.15, 0.2) is 6.10 Å². The molecule has 1 atom stereocenters. The molecule has 5 heteroatoms. The summed E-state index contributed by atoms with van der Waals surface area (Å²) in [5.41, 5.74) is 3.24. The molecule has 0 fully saturated rings. The van der Waals surface area contributed by atoms with Gasteiger partial charge in [-0.25, -0.2) is 4.79 Å². The highest BCUT2D eigenvalue weighted by Crippen LogP contribution is 2.12. The molecule has 0 saturated carbocycles. The number of rotatable bonds is 8. The van der Waals surface area contributed by atoms with E-state index in [9.17, 15) is 9.59 Å². The molecule has 1 amide bonds. The molecule has 0 unspecified atom stereocenters. The zero-order valence-electron chi connectivity index (χ0n) is 16.3. The fourth-order valence-corrected chi connectivity index (χ4v) is 2.35. The fourth-order valence-electron chi connectivity index (χ4n) is 2.35. The minimum absolute atomic E-state index is 0.146. The first-order valence-corrected chi connectivity index (χ1v) is 9.20. The van der Waals surface area contributed by atoms with Crippen molar-refractivity contribution < 1.29 is 19.1 Å². The van der Waals surface area contributed by atoms with Gasteiger partial charge >= 0.3 is 5.97 Å².